The summed E-state index contributed by atoms with van der Waals surface area (Å²) in [5.41, 5.74) is -1.58. The van der Waals surface area contributed by atoms with Gasteiger partial charge in [0.15, 0.2) is 15.6 Å². The number of nitro benzene ring substituents is 1. The van der Waals surface area contributed by atoms with Crippen LogP contribution in [0.15, 0.2) is 50.2 Å². The Hall–Kier alpha value is -2.23. The molecule has 20 heavy (non-hydrogen) atoms. The molecule has 1 aromatic rings. The first-order valence-electron chi connectivity index (χ1n) is 5.07. The Morgan fingerprint density at radius 3 is 2.30 bits per heavy atom. The second-order valence-corrected chi connectivity index (χ2v) is 5.50. The van der Waals surface area contributed by atoms with Crippen LogP contribution in [0.4, 0.5) is 18.9 Å². The fourth-order valence-electron chi connectivity index (χ4n) is 1.38. The summed E-state index contributed by atoms with van der Waals surface area (Å²) in [7, 11) is -3.66. The maximum absolute atomic E-state index is 12.5. The van der Waals surface area contributed by atoms with Crippen molar-refractivity contribution < 1.29 is 22.3 Å². The van der Waals surface area contributed by atoms with Gasteiger partial charge in [-0.25, -0.2) is 4.21 Å². The first-order valence-corrected chi connectivity index (χ1v) is 6.54. The van der Waals surface area contributed by atoms with Crippen LogP contribution in [0.5, 0.6) is 0 Å². The second kappa shape index (κ2) is 4.71. The predicted molar refractivity (Wildman–Crippen MR) is 64.6 cm³/mol. The lowest BCUT2D eigenvalue weighted by Crippen LogP contribution is -2.23. The average Bonchev–Trinajstić information content (AvgIpc) is 2.38. The van der Waals surface area contributed by atoms with Gasteiger partial charge in [0.25, 0.3) is 5.69 Å². The van der Waals surface area contributed by atoms with E-state index in [0.29, 0.717) is 6.08 Å². The van der Waals surface area contributed by atoms with Gasteiger partial charge in [-0.15, -0.1) is 0 Å². The molecule has 2 rings (SSSR count). The van der Waals surface area contributed by atoms with Gasteiger partial charge in [0.1, 0.15) is 0 Å². The summed E-state index contributed by atoms with van der Waals surface area (Å²) in [6.45, 7) is 0. The van der Waals surface area contributed by atoms with Crippen LogP contribution in [0, 0.1) is 10.1 Å². The van der Waals surface area contributed by atoms with Gasteiger partial charge in [-0.05, 0) is 18.2 Å². The first kappa shape index (κ1) is 14.2. The zero-order valence-electron chi connectivity index (χ0n) is 9.57. The lowest BCUT2D eigenvalue weighted by Gasteiger charge is -2.12. The van der Waals surface area contributed by atoms with Gasteiger partial charge in [-0.3, -0.25) is 10.1 Å². The number of hydrogen-bond acceptors (Lipinski definition) is 4. The van der Waals surface area contributed by atoms with Crippen LogP contribution in [-0.2, 0) is 9.92 Å². The van der Waals surface area contributed by atoms with E-state index < -0.39 is 26.7 Å². The van der Waals surface area contributed by atoms with Crippen molar-refractivity contribution in [1.29, 1.82) is 0 Å². The Bertz CT molecular complexity index is 728. The van der Waals surface area contributed by atoms with Crippen LogP contribution in [0.2, 0.25) is 0 Å². The molecule has 1 unspecified atom stereocenters. The average molecular weight is 305 g/mol. The molecule has 0 aromatic heterocycles. The third-order valence-corrected chi connectivity index (χ3v) is 4.04. The van der Waals surface area contributed by atoms with Crippen LogP contribution < -0.4 is 0 Å². The SMILES string of the molecule is O=[N+]([O-])c1ccc(S2(=O)=NC=CC(C(F)(F)F)=N2)cc1. The molecule has 0 bridgehead atoms. The molecule has 0 spiro atoms. The fraction of sp³-hybridized carbons (Fsp3) is 0.100. The third-order valence-electron chi connectivity index (χ3n) is 2.30. The largest absolute Gasteiger partial charge is 0.434 e. The molecule has 106 valence electrons. The van der Waals surface area contributed by atoms with Crippen LogP contribution in [0.1, 0.15) is 0 Å². The number of benzene rings is 1. The summed E-state index contributed by atoms with van der Waals surface area (Å²) in [5.74, 6) is 0. The maximum atomic E-state index is 12.5. The Morgan fingerprint density at radius 2 is 1.80 bits per heavy atom. The molecule has 1 heterocycles. The van der Waals surface area contributed by atoms with Gasteiger partial charge in [0.2, 0.25) is 0 Å². The minimum absolute atomic E-state index is 0.130. The summed E-state index contributed by atoms with van der Waals surface area (Å²) in [5, 5.41) is 10.5. The van der Waals surface area contributed by atoms with Gasteiger partial charge in [-0.2, -0.15) is 21.9 Å². The Kier molecular flexibility index (Phi) is 3.34. The molecule has 0 saturated heterocycles. The number of non-ortho nitro benzene ring substituents is 1. The van der Waals surface area contributed by atoms with E-state index in [1.54, 1.807) is 0 Å². The highest BCUT2D eigenvalue weighted by Gasteiger charge is 2.36. The molecule has 0 saturated carbocycles. The molecule has 0 N–H and O–H groups in total. The van der Waals surface area contributed by atoms with Crippen LogP contribution >= 0.6 is 0 Å². The quantitative estimate of drug-likeness (QED) is 0.622. The van der Waals surface area contributed by atoms with E-state index in [4.69, 9.17) is 0 Å². The van der Waals surface area contributed by atoms with Crippen molar-refractivity contribution in [2.24, 2.45) is 8.76 Å². The minimum Gasteiger partial charge on any atom is -0.258 e. The number of halogens is 3. The molecule has 6 nitrogen and oxygen atoms in total. The highest BCUT2D eigenvalue weighted by Crippen LogP contribution is 2.26. The van der Waals surface area contributed by atoms with E-state index in [1.807, 2.05) is 0 Å². The van der Waals surface area contributed by atoms with Gasteiger partial charge in [0, 0.05) is 18.3 Å². The van der Waals surface area contributed by atoms with E-state index >= 15 is 0 Å². The Balaban J connectivity index is 2.49. The number of rotatable bonds is 2. The van der Waals surface area contributed by atoms with Crippen molar-refractivity contribution in [3.63, 3.8) is 0 Å². The molecule has 0 radical (unpaired) electrons. The summed E-state index contributed by atoms with van der Waals surface area (Å²) in [4.78, 5) is 9.66. The van der Waals surface area contributed by atoms with E-state index in [9.17, 15) is 27.5 Å². The van der Waals surface area contributed by atoms with E-state index in [2.05, 4.69) is 8.76 Å². The zero-order valence-corrected chi connectivity index (χ0v) is 10.4. The van der Waals surface area contributed by atoms with Crippen LogP contribution in [0.3, 0.4) is 0 Å². The number of nitrogens with zero attached hydrogens (tertiary/aromatic N) is 3. The molecule has 0 aliphatic carbocycles. The molecule has 1 aliphatic rings. The predicted octanol–water partition coefficient (Wildman–Crippen LogP) is 2.87. The molecule has 1 aliphatic heterocycles. The van der Waals surface area contributed by atoms with Gasteiger partial charge in [0.05, 0.1) is 9.82 Å². The number of hydrogen-bond donors (Lipinski definition) is 0. The molecule has 1 aromatic carbocycles. The molecule has 0 fully saturated rings. The van der Waals surface area contributed by atoms with Gasteiger partial charge >= 0.3 is 6.18 Å². The van der Waals surface area contributed by atoms with Crippen molar-refractivity contribution in [2.45, 2.75) is 11.1 Å². The smallest absolute Gasteiger partial charge is 0.258 e. The zero-order chi connectivity index (χ0) is 15.0. The lowest BCUT2D eigenvalue weighted by molar-refractivity contribution is -0.384. The van der Waals surface area contributed by atoms with Crippen molar-refractivity contribution in [1.82, 2.24) is 0 Å². The molecule has 0 amide bonds. The maximum Gasteiger partial charge on any atom is 0.434 e. The highest BCUT2D eigenvalue weighted by atomic mass is 32.2. The number of nitro groups is 1. The lowest BCUT2D eigenvalue weighted by atomic mass is 10.3. The van der Waals surface area contributed by atoms with Crippen LogP contribution in [-0.4, -0.2) is 21.0 Å². The standard InChI is InChI=1S/C10H6F3N3O3S/c11-10(12,13)9-5-6-14-20(19,15-9)8-3-1-7(2-4-8)16(17)18/h1-6H. The highest BCUT2D eigenvalue weighted by molar-refractivity contribution is 7.92. The second-order valence-electron chi connectivity index (χ2n) is 3.64. The number of allylic oxidation sites excluding steroid dienone is 1. The van der Waals surface area contributed by atoms with Crippen molar-refractivity contribution in [3.05, 3.63) is 46.7 Å². The fourth-order valence-corrected chi connectivity index (χ4v) is 2.80. The molecule has 10 heteroatoms. The Morgan fingerprint density at radius 1 is 1.20 bits per heavy atom. The van der Waals surface area contributed by atoms with E-state index in [-0.39, 0.29) is 10.6 Å². The number of alkyl halides is 3. The van der Waals surface area contributed by atoms with Crippen molar-refractivity contribution in [3.8, 4) is 0 Å². The minimum atomic E-state index is -4.74. The molecular weight excluding hydrogens is 299 g/mol. The van der Waals surface area contributed by atoms with E-state index in [0.717, 1.165) is 30.5 Å². The summed E-state index contributed by atoms with van der Waals surface area (Å²) in [6.07, 6.45) is -3.37. The summed E-state index contributed by atoms with van der Waals surface area (Å²) in [6, 6.07) is 4.19. The topological polar surface area (TPSA) is 84.9 Å². The molecule has 1 atom stereocenters. The summed E-state index contributed by atoms with van der Waals surface area (Å²) >= 11 is 0. The van der Waals surface area contributed by atoms with Gasteiger partial charge < -0.3 is 0 Å². The third kappa shape index (κ3) is 2.69. The van der Waals surface area contributed by atoms with Gasteiger partial charge in [-0.1, -0.05) is 0 Å². The Labute approximate surface area is 111 Å². The first-order chi connectivity index (χ1) is 9.22. The monoisotopic (exact) mass is 305 g/mol. The van der Waals surface area contributed by atoms with E-state index in [1.165, 1.54) is 0 Å². The normalized spacial score (nSPS) is 22.1. The van der Waals surface area contributed by atoms with Crippen LogP contribution in [0.25, 0.3) is 0 Å². The van der Waals surface area contributed by atoms with Crippen molar-refractivity contribution >= 4 is 21.3 Å². The summed E-state index contributed by atoms with van der Waals surface area (Å²) < 4.78 is 56.5. The van der Waals surface area contributed by atoms with Crippen molar-refractivity contribution in [2.75, 3.05) is 0 Å². The molecular formula is C10H6F3N3O3S.